The van der Waals surface area contributed by atoms with Crippen LogP contribution in [-0.4, -0.2) is 25.0 Å². The van der Waals surface area contributed by atoms with Crippen LogP contribution in [0.15, 0.2) is 36.4 Å². The number of hydrogen-bond donors (Lipinski definition) is 1. The highest BCUT2D eigenvalue weighted by Gasteiger charge is 2.29. The Morgan fingerprint density at radius 1 is 1.33 bits per heavy atom. The molecule has 0 aromatic heterocycles. The van der Waals surface area contributed by atoms with Crippen LogP contribution in [0, 0.1) is 5.82 Å². The van der Waals surface area contributed by atoms with Crippen molar-refractivity contribution in [1.29, 1.82) is 0 Å². The molecule has 1 aliphatic rings. The summed E-state index contributed by atoms with van der Waals surface area (Å²) < 4.78 is 19.3. The van der Waals surface area contributed by atoms with Crippen LogP contribution in [0.2, 0.25) is 5.02 Å². The Hall–Kier alpha value is -2.60. The zero-order valence-corrected chi connectivity index (χ0v) is 13.7. The van der Waals surface area contributed by atoms with Gasteiger partial charge < -0.3 is 15.0 Å². The average Bonchev–Trinajstić information content (AvgIpc) is 2.53. The predicted molar refractivity (Wildman–Crippen MR) is 89.3 cm³/mol. The van der Waals surface area contributed by atoms with Crippen LogP contribution in [-0.2, 0) is 4.79 Å². The van der Waals surface area contributed by atoms with Crippen LogP contribution in [0.1, 0.15) is 17.3 Å². The van der Waals surface area contributed by atoms with E-state index in [1.807, 2.05) is 0 Å². The smallest absolute Gasteiger partial charge is 0.267 e. The summed E-state index contributed by atoms with van der Waals surface area (Å²) in [5, 5.41) is 2.60. The van der Waals surface area contributed by atoms with E-state index in [0.29, 0.717) is 17.1 Å². The van der Waals surface area contributed by atoms with Crippen molar-refractivity contribution >= 4 is 34.8 Å². The molecule has 1 atom stereocenters. The number of carbonyl (C=O) groups excluding carboxylic acids is 2. The van der Waals surface area contributed by atoms with Crippen molar-refractivity contribution in [2.24, 2.45) is 0 Å². The van der Waals surface area contributed by atoms with E-state index >= 15 is 0 Å². The minimum atomic E-state index is -0.706. The molecule has 1 heterocycles. The summed E-state index contributed by atoms with van der Waals surface area (Å²) in [6.07, 6.45) is -0.569. The van der Waals surface area contributed by atoms with E-state index in [1.54, 1.807) is 32.2 Å². The van der Waals surface area contributed by atoms with Crippen molar-refractivity contribution in [1.82, 2.24) is 0 Å². The Balaban J connectivity index is 1.90. The van der Waals surface area contributed by atoms with E-state index in [2.05, 4.69) is 5.32 Å². The molecule has 0 saturated heterocycles. The van der Waals surface area contributed by atoms with Gasteiger partial charge in [-0.2, -0.15) is 0 Å². The van der Waals surface area contributed by atoms with Gasteiger partial charge in [0.05, 0.1) is 16.3 Å². The number of benzene rings is 2. The number of rotatable bonds is 2. The molecular formula is C17H14ClFN2O3. The molecule has 0 radical (unpaired) electrons. The van der Waals surface area contributed by atoms with E-state index in [9.17, 15) is 14.0 Å². The summed E-state index contributed by atoms with van der Waals surface area (Å²) in [4.78, 5) is 25.7. The zero-order chi connectivity index (χ0) is 17.4. The van der Waals surface area contributed by atoms with Gasteiger partial charge in [0.25, 0.3) is 11.8 Å². The third kappa shape index (κ3) is 2.80. The molecule has 2 aromatic carbocycles. The minimum Gasteiger partial charge on any atom is -0.479 e. The summed E-state index contributed by atoms with van der Waals surface area (Å²) in [7, 11) is 1.62. The molecule has 1 unspecified atom stereocenters. The highest BCUT2D eigenvalue weighted by atomic mass is 35.5. The fraction of sp³-hybridized carbons (Fsp3) is 0.176. The molecular weight excluding hydrogens is 335 g/mol. The van der Waals surface area contributed by atoms with E-state index in [1.165, 1.54) is 17.0 Å². The maximum atomic E-state index is 13.8. The lowest BCUT2D eigenvalue weighted by molar-refractivity contribution is -0.125. The van der Waals surface area contributed by atoms with Crippen LogP contribution in [0.25, 0.3) is 0 Å². The molecule has 1 N–H and O–H groups in total. The first-order valence-electron chi connectivity index (χ1n) is 7.22. The van der Waals surface area contributed by atoms with Crippen LogP contribution in [0.4, 0.5) is 15.8 Å². The first kappa shape index (κ1) is 16.3. The summed E-state index contributed by atoms with van der Waals surface area (Å²) in [6.45, 7) is 1.66. The van der Waals surface area contributed by atoms with Gasteiger partial charge in [0.2, 0.25) is 0 Å². The van der Waals surface area contributed by atoms with Crippen molar-refractivity contribution in [3.8, 4) is 5.75 Å². The monoisotopic (exact) mass is 348 g/mol. The van der Waals surface area contributed by atoms with Gasteiger partial charge in [-0.15, -0.1) is 0 Å². The van der Waals surface area contributed by atoms with Gasteiger partial charge in [-0.1, -0.05) is 17.7 Å². The van der Waals surface area contributed by atoms with Gasteiger partial charge in [-0.25, -0.2) is 4.39 Å². The van der Waals surface area contributed by atoms with E-state index in [-0.39, 0.29) is 16.5 Å². The fourth-order valence-electron chi connectivity index (χ4n) is 2.50. The lowest BCUT2D eigenvalue weighted by atomic mass is 10.1. The second kappa shape index (κ2) is 6.13. The molecule has 0 spiro atoms. The Morgan fingerprint density at radius 3 is 2.79 bits per heavy atom. The molecule has 0 bridgehead atoms. The second-order valence-corrected chi connectivity index (χ2v) is 5.80. The van der Waals surface area contributed by atoms with E-state index in [0.717, 1.165) is 6.07 Å². The Bertz CT molecular complexity index is 820. The number of hydrogen-bond acceptors (Lipinski definition) is 3. The molecule has 3 rings (SSSR count). The number of fused-ring (bicyclic) bond motifs is 1. The third-order valence-corrected chi connectivity index (χ3v) is 4.07. The first-order chi connectivity index (χ1) is 11.4. The number of anilines is 2. The number of likely N-dealkylation sites (N-methyl/N-ethyl adjacent to an activating group) is 1. The maximum absolute atomic E-state index is 13.8. The van der Waals surface area contributed by atoms with Crippen molar-refractivity contribution in [3.63, 3.8) is 0 Å². The number of carbonyl (C=O) groups is 2. The van der Waals surface area contributed by atoms with Crippen molar-refractivity contribution < 1.29 is 18.7 Å². The van der Waals surface area contributed by atoms with E-state index in [4.69, 9.17) is 16.3 Å². The van der Waals surface area contributed by atoms with Crippen LogP contribution in [0.3, 0.4) is 0 Å². The quantitative estimate of drug-likeness (QED) is 0.904. The Labute approximate surface area is 143 Å². The van der Waals surface area contributed by atoms with Crippen LogP contribution < -0.4 is 15.0 Å². The minimum absolute atomic E-state index is 0.0231. The van der Waals surface area contributed by atoms with Gasteiger partial charge in [0.1, 0.15) is 11.6 Å². The third-order valence-electron chi connectivity index (χ3n) is 3.75. The molecule has 24 heavy (non-hydrogen) atoms. The summed E-state index contributed by atoms with van der Waals surface area (Å²) in [6, 6.07) is 8.87. The van der Waals surface area contributed by atoms with Gasteiger partial charge in [0.15, 0.2) is 6.10 Å². The van der Waals surface area contributed by atoms with Gasteiger partial charge in [0, 0.05) is 12.7 Å². The van der Waals surface area contributed by atoms with Crippen LogP contribution >= 0.6 is 11.6 Å². The molecule has 2 amide bonds. The Kier molecular flexibility index (Phi) is 4.15. The number of ether oxygens (including phenoxy) is 1. The molecule has 0 fully saturated rings. The van der Waals surface area contributed by atoms with Crippen molar-refractivity contribution in [3.05, 3.63) is 52.8 Å². The standard InChI is InChI=1S/C17H14ClFN2O3/c1-9-17(23)21(2)13-8-10(6-7-14(13)24-9)20-16(22)15-11(18)4-3-5-12(15)19/h3-9H,1-2H3,(H,20,22). The zero-order valence-electron chi connectivity index (χ0n) is 13.0. The second-order valence-electron chi connectivity index (χ2n) is 5.39. The lowest BCUT2D eigenvalue weighted by Crippen LogP contribution is -2.41. The van der Waals surface area contributed by atoms with Gasteiger partial charge in [-0.3, -0.25) is 9.59 Å². The highest BCUT2D eigenvalue weighted by molar-refractivity contribution is 6.34. The molecule has 2 aromatic rings. The maximum Gasteiger partial charge on any atom is 0.267 e. The first-order valence-corrected chi connectivity index (χ1v) is 7.60. The van der Waals surface area contributed by atoms with Crippen LogP contribution in [0.5, 0.6) is 5.75 Å². The molecule has 7 heteroatoms. The number of halogens is 2. The normalized spacial score (nSPS) is 16.4. The van der Waals surface area contributed by atoms with E-state index < -0.39 is 17.8 Å². The molecule has 124 valence electrons. The van der Waals surface area contributed by atoms with Gasteiger partial charge in [-0.05, 0) is 37.3 Å². The molecule has 0 aliphatic carbocycles. The number of nitrogens with one attached hydrogen (secondary N) is 1. The summed E-state index contributed by atoms with van der Waals surface area (Å²) >= 11 is 5.89. The van der Waals surface area contributed by atoms with Crippen molar-refractivity contribution in [2.45, 2.75) is 13.0 Å². The van der Waals surface area contributed by atoms with Gasteiger partial charge >= 0.3 is 0 Å². The SMILES string of the molecule is CC1Oc2ccc(NC(=O)c3c(F)cccc3Cl)cc2N(C)C1=O. The lowest BCUT2D eigenvalue weighted by Gasteiger charge is -2.30. The topological polar surface area (TPSA) is 58.6 Å². The molecule has 1 aliphatic heterocycles. The predicted octanol–water partition coefficient (Wildman–Crippen LogP) is 3.48. The summed E-state index contributed by atoms with van der Waals surface area (Å²) in [5.74, 6) is -1.03. The highest BCUT2D eigenvalue weighted by Crippen LogP contribution is 2.35. The molecule has 0 saturated carbocycles. The number of nitrogens with zero attached hydrogens (tertiary/aromatic N) is 1. The largest absolute Gasteiger partial charge is 0.479 e. The fourth-order valence-corrected chi connectivity index (χ4v) is 2.75. The Morgan fingerprint density at radius 2 is 2.08 bits per heavy atom. The molecule has 5 nitrogen and oxygen atoms in total. The average molecular weight is 349 g/mol. The van der Waals surface area contributed by atoms with Crippen molar-refractivity contribution in [2.75, 3.05) is 17.3 Å². The number of amides is 2. The summed E-state index contributed by atoms with van der Waals surface area (Å²) in [5.41, 5.74) is 0.692.